The number of rotatable bonds is 2. The molecule has 1 fully saturated rings. The molecule has 0 bridgehead atoms. The van der Waals surface area contributed by atoms with Crippen molar-refractivity contribution in [3.8, 4) is 0 Å². The third-order valence-corrected chi connectivity index (χ3v) is 3.50. The fourth-order valence-electron chi connectivity index (χ4n) is 1.87. The zero-order valence-corrected chi connectivity index (χ0v) is 10.4. The summed E-state index contributed by atoms with van der Waals surface area (Å²) in [6.45, 7) is 1.29. The van der Waals surface area contributed by atoms with Gasteiger partial charge >= 0.3 is 5.51 Å². The number of anilines is 1. The second-order valence-corrected chi connectivity index (χ2v) is 5.21. The van der Waals surface area contributed by atoms with Crippen LogP contribution in [0.15, 0.2) is 29.2 Å². The van der Waals surface area contributed by atoms with Crippen molar-refractivity contribution >= 4 is 23.2 Å². The molecule has 1 aromatic rings. The normalized spacial score (nSPS) is 17.1. The van der Waals surface area contributed by atoms with Crippen molar-refractivity contribution < 1.29 is 18.0 Å². The van der Waals surface area contributed by atoms with Crippen LogP contribution in [0.2, 0.25) is 0 Å². The molecule has 0 N–H and O–H groups in total. The number of benzene rings is 1. The lowest BCUT2D eigenvalue weighted by molar-refractivity contribution is -0.119. The summed E-state index contributed by atoms with van der Waals surface area (Å²) in [5.41, 5.74) is -3.38. The molecule has 6 heteroatoms. The van der Waals surface area contributed by atoms with Crippen molar-refractivity contribution in [1.29, 1.82) is 0 Å². The summed E-state index contributed by atoms with van der Waals surface area (Å²) in [6.07, 6.45) is 1.03. The van der Waals surface area contributed by atoms with Crippen LogP contribution in [0.3, 0.4) is 0 Å². The van der Waals surface area contributed by atoms with Crippen molar-refractivity contribution in [2.24, 2.45) is 0 Å². The molecule has 1 saturated heterocycles. The lowest BCUT2D eigenvalue weighted by Crippen LogP contribution is -2.33. The molecule has 0 saturated carbocycles. The van der Waals surface area contributed by atoms with Crippen molar-refractivity contribution in [1.82, 2.24) is 0 Å². The van der Waals surface area contributed by atoms with Gasteiger partial charge in [-0.05, 0) is 36.0 Å². The van der Waals surface area contributed by atoms with Gasteiger partial charge in [-0.1, -0.05) is 0 Å². The van der Waals surface area contributed by atoms with Gasteiger partial charge in [-0.3, -0.25) is 4.79 Å². The average molecular weight is 275 g/mol. The quantitative estimate of drug-likeness (QED) is 0.771. The minimum absolute atomic E-state index is 0.116. The van der Waals surface area contributed by atoms with E-state index in [0.29, 0.717) is 25.9 Å². The highest BCUT2D eigenvalue weighted by Gasteiger charge is 2.29. The minimum Gasteiger partial charge on any atom is -0.371 e. The van der Waals surface area contributed by atoms with E-state index in [1.165, 1.54) is 12.1 Å². The van der Waals surface area contributed by atoms with E-state index in [1.54, 1.807) is 12.1 Å². The monoisotopic (exact) mass is 275 g/mol. The molecule has 0 atom stereocenters. The first-order chi connectivity index (χ1) is 8.44. The molecule has 0 aromatic heterocycles. The van der Waals surface area contributed by atoms with E-state index in [1.807, 2.05) is 4.90 Å². The Morgan fingerprint density at radius 3 is 2.11 bits per heavy atom. The molecule has 2 rings (SSSR count). The summed E-state index contributed by atoms with van der Waals surface area (Å²) in [7, 11) is 0. The number of thioether (sulfide) groups is 1. The Balaban J connectivity index is 2.01. The molecule has 1 heterocycles. The Labute approximate surface area is 107 Å². The Kier molecular flexibility index (Phi) is 3.85. The standard InChI is InChI=1S/C12H12F3NOS/c13-12(14,15)18-11-3-1-9(2-4-11)16-7-5-10(17)6-8-16/h1-4H,5-8H2. The van der Waals surface area contributed by atoms with Gasteiger partial charge in [0.15, 0.2) is 0 Å². The number of carbonyl (C=O) groups excluding carboxylic acids is 1. The van der Waals surface area contributed by atoms with E-state index in [0.717, 1.165) is 5.69 Å². The molecule has 18 heavy (non-hydrogen) atoms. The van der Waals surface area contributed by atoms with Gasteiger partial charge in [-0.25, -0.2) is 0 Å². The number of nitrogens with zero attached hydrogens (tertiary/aromatic N) is 1. The minimum atomic E-state index is -4.25. The highest BCUT2D eigenvalue weighted by atomic mass is 32.2. The van der Waals surface area contributed by atoms with E-state index >= 15 is 0 Å². The van der Waals surface area contributed by atoms with Crippen molar-refractivity contribution in [2.75, 3.05) is 18.0 Å². The van der Waals surface area contributed by atoms with Crippen LogP contribution in [-0.4, -0.2) is 24.4 Å². The maximum absolute atomic E-state index is 12.2. The topological polar surface area (TPSA) is 20.3 Å². The number of Topliss-reactive ketones (excluding diaryl/α,β-unsaturated/α-hetero) is 1. The zero-order chi connectivity index (χ0) is 13.2. The van der Waals surface area contributed by atoms with Crippen LogP contribution < -0.4 is 4.90 Å². The zero-order valence-electron chi connectivity index (χ0n) is 9.54. The lowest BCUT2D eigenvalue weighted by Gasteiger charge is -2.28. The van der Waals surface area contributed by atoms with Gasteiger partial charge in [0.2, 0.25) is 0 Å². The molecule has 0 amide bonds. The summed E-state index contributed by atoms with van der Waals surface area (Å²) < 4.78 is 36.5. The molecular weight excluding hydrogens is 263 g/mol. The molecule has 0 spiro atoms. The van der Waals surface area contributed by atoms with E-state index in [4.69, 9.17) is 0 Å². The van der Waals surface area contributed by atoms with E-state index in [2.05, 4.69) is 0 Å². The Bertz CT molecular complexity index is 420. The first kappa shape index (κ1) is 13.3. The highest BCUT2D eigenvalue weighted by Crippen LogP contribution is 2.37. The maximum Gasteiger partial charge on any atom is 0.446 e. The fraction of sp³-hybridized carbons (Fsp3) is 0.417. The number of hydrogen-bond acceptors (Lipinski definition) is 3. The van der Waals surface area contributed by atoms with Crippen LogP contribution in [0.1, 0.15) is 12.8 Å². The second-order valence-electron chi connectivity index (χ2n) is 4.07. The van der Waals surface area contributed by atoms with E-state index in [9.17, 15) is 18.0 Å². The predicted octanol–water partition coefficient (Wildman–Crippen LogP) is 3.47. The van der Waals surface area contributed by atoms with Crippen molar-refractivity contribution in [3.05, 3.63) is 24.3 Å². The number of piperidine rings is 1. The Morgan fingerprint density at radius 1 is 1.06 bits per heavy atom. The average Bonchev–Trinajstić information content (AvgIpc) is 2.29. The smallest absolute Gasteiger partial charge is 0.371 e. The number of hydrogen-bond donors (Lipinski definition) is 0. The summed E-state index contributed by atoms with van der Waals surface area (Å²) in [5.74, 6) is 0.246. The maximum atomic E-state index is 12.2. The first-order valence-corrected chi connectivity index (χ1v) is 6.38. The van der Waals surface area contributed by atoms with Gasteiger partial charge in [-0.15, -0.1) is 0 Å². The van der Waals surface area contributed by atoms with Gasteiger partial charge in [0, 0.05) is 36.5 Å². The van der Waals surface area contributed by atoms with Gasteiger partial charge in [-0.2, -0.15) is 13.2 Å². The molecular formula is C12H12F3NOS. The van der Waals surface area contributed by atoms with Crippen LogP contribution >= 0.6 is 11.8 Å². The first-order valence-electron chi connectivity index (χ1n) is 5.56. The molecule has 1 aliphatic rings. The van der Waals surface area contributed by atoms with Crippen LogP contribution in [-0.2, 0) is 4.79 Å². The molecule has 0 radical (unpaired) electrons. The number of ketones is 1. The molecule has 0 unspecified atom stereocenters. The van der Waals surface area contributed by atoms with Gasteiger partial charge in [0.05, 0.1) is 0 Å². The molecule has 1 aliphatic heterocycles. The SMILES string of the molecule is O=C1CCN(c2ccc(SC(F)(F)F)cc2)CC1. The number of halogens is 3. The third kappa shape index (κ3) is 3.66. The molecule has 1 aromatic carbocycles. The largest absolute Gasteiger partial charge is 0.446 e. The molecule has 0 aliphatic carbocycles. The van der Waals surface area contributed by atoms with Crippen molar-refractivity contribution in [2.45, 2.75) is 23.2 Å². The summed E-state index contributed by atoms with van der Waals surface area (Å²) >= 11 is -0.116. The lowest BCUT2D eigenvalue weighted by atomic mass is 10.1. The van der Waals surface area contributed by atoms with E-state index in [-0.39, 0.29) is 22.4 Å². The fourth-order valence-corrected chi connectivity index (χ4v) is 2.41. The van der Waals surface area contributed by atoms with Crippen LogP contribution in [0, 0.1) is 0 Å². The number of carbonyl (C=O) groups is 1. The number of alkyl halides is 3. The van der Waals surface area contributed by atoms with Crippen LogP contribution in [0.4, 0.5) is 18.9 Å². The Morgan fingerprint density at radius 2 is 1.61 bits per heavy atom. The van der Waals surface area contributed by atoms with Gasteiger partial charge in [0.1, 0.15) is 5.78 Å². The van der Waals surface area contributed by atoms with Gasteiger partial charge in [0.25, 0.3) is 0 Å². The third-order valence-electron chi connectivity index (χ3n) is 2.76. The van der Waals surface area contributed by atoms with Crippen LogP contribution in [0.25, 0.3) is 0 Å². The molecule has 98 valence electrons. The molecule has 2 nitrogen and oxygen atoms in total. The highest BCUT2D eigenvalue weighted by molar-refractivity contribution is 8.00. The summed E-state index contributed by atoms with van der Waals surface area (Å²) in [4.78, 5) is 13.3. The van der Waals surface area contributed by atoms with E-state index < -0.39 is 5.51 Å². The van der Waals surface area contributed by atoms with Crippen molar-refractivity contribution in [3.63, 3.8) is 0 Å². The Hall–Kier alpha value is -1.17. The van der Waals surface area contributed by atoms with Gasteiger partial charge < -0.3 is 4.90 Å². The second kappa shape index (κ2) is 5.22. The summed E-state index contributed by atoms with van der Waals surface area (Å²) in [5, 5.41) is 0. The predicted molar refractivity (Wildman–Crippen MR) is 64.8 cm³/mol. The van der Waals surface area contributed by atoms with Crippen LogP contribution in [0.5, 0.6) is 0 Å². The summed E-state index contributed by atoms with van der Waals surface area (Å²) in [6, 6.07) is 6.27.